The van der Waals surface area contributed by atoms with Crippen LogP contribution in [-0.2, 0) is 14.3 Å². The van der Waals surface area contributed by atoms with E-state index < -0.39 is 11.8 Å². The van der Waals surface area contributed by atoms with Crippen LogP contribution in [-0.4, -0.2) is 55.7 Å². The zero-order valence-corrected chi connectivity index (χ0v) is 15.3. The van der Waals surface area contributed by atoms with Crippen molar-refractivity contribution in [3.63, 3.8) is 0 Å². The number of carbonyl (C=O) groups is 2. The molecule has 0 bridgehead atoms. The predicted octanol–water partition coefficient (Wildman–Crippen LogP) is 0.581. The summed E-state index contributed by atoms with van der Waals surface area (Å²) < 4.78 is 5.42. The molecule has 1 atom stereocenters. The Morgan fingerprint density at radius 2 is 1.96 bits per heavy atom. The van der Waals surface area contributed by atoms with Crippen molar-refractivity contribution in [2.45, 2.75) is 31.8 Å². The van der Waals surface area contributed by atoms with Crippen molar-refractivity contribution in [1.29, 1.82) is 5.26 Å². The molecule has 1 aromatic heterocycles. The maximum absolute atomic E-state index is 11.9. The molecule has 3 rings (SSSR count). The quantitative estimate of drug-likeness (QED) is 0.733. The van der Waals surface area contributed by atoms with Gasteiger partial charge in [0.2, 0.25) is 0 Å². The third kappa shape index (κ3) is 5.17. The van der Waals surface area contributed by atoms with E-state index in [1.165, 1.54) is 0 Å². The average Bonchev–Trinajstić information content (AvgIpc) is 3.24. The SMILES string of the molecule is N#Cc1cccnc1N1CCC(CNC(=O)C(=O)NCC2CCCO2)CC1. The van der Waals surface area contributed by atoms with Crippen LogP contribution in [0.1, 0.15) is 31.2 Å². The molecule has 27 heavy (non-hydrogen) atoms. The Balaban J connectivity index is 1.38. The smallest absolute Gasteiger partial charge is 0.309 e. The monoisotopic (exact) mass is 371 g/mol. The van der Waals surface area contributed by atoms with E-state index in [0.717, 1.165) is 51.2 Å². The Bertz CT molecular complexity index is 704. The van der Waals surface area contributed by atoms with Gasteiger partial charge in [0.15, 0.2) is 0 Å². The van der Waals surface area contributed by atoms with Gasteiger partial charge in [0.25, 0.3) is 0 Å². The summed E-state index contributed by atoms with van der Waals surface area (Å²) in [5, 5.41) is 14.6. The van der Waals surface area contributed by atoms with Gasteiger partial charge in [-0.05, 0) is 43.7 Å². The van der Waals surface area contributed by atoms with E-state index in [1.54, 1.807) is 18.3 Å². The van der Waals surface area contributed by atoms with Gasteiger partial charge >= 0.3 is 11.8 Å². The van der Waals surface area contributed by atoms with Gasteiger partial charge < -0.3 is 20.3 Å². The maximum Gasteiger partial charge on any atom is 0.309 e. The number of carbonyl (C=O) groups excluding carboxylic acids is 2. The lowest BCUT2D eigenvalue weighted by Gasteiger charge is -2.33. The normalized spacial score (nSPS) is 20.1. The minimum Gasteiger partial charge on any atom is -0.376 e. The van der Waals surface area contributed by atoms with Crippen molar-refractivity contribution in [3.05, 3.63) is 23.9 Å². The van der Waals surface area contributed by atoms with E-state index in [2.05, 4.69) is 26.6 Å². The van der Waals surface area contributed by atoms with Crippen LogP contribution in [0.4, 0.5) is 5.82 Å². The Labute approximate surface area is 158 Å². The standard InChI is InChI=1S/C19H25N5O3/c20-11-15-3-1-7-21-17(15)24-8-5-14(6-9-24)12-22-18(25)19(26)23-13-16-4-2-10-27-16/h1,3,7,14,16H,2,4-6,8-10,12-13H2,(H,22,25)(H,23,26). The lowest BCUT2D eigenvalue weighted by molar-refractivity contribution is -0.139. The number of anilines is 1. The van der Waals surface area contributed by atoms with Crippen molar-refractivity contribution in [2.75, 3.05) is 37.7 Å². The number of pyridine rings is 1. The molecule has 0 spiro atoms. The first-order valence-electron chi connectivity index (χ1n) is 9.45. The molecule has 2 aliphatic heterocycles. The van der Waals surface area contributed by atoms with E-state index in [0.29, 0.717) is 24.6 Å². The van der Waals surface area contributed by atoms with Gasteiger partial charge in [-0.1, -0.05) is 0 Å². The lowest BCUT2D eigenvalue weighted by atomic mass is 9.96. The largest absolute Gasteiger partial charge is 0.376 e. The van der Waals surface area contributed by atoms with Crippen molar-refractivity contribution < 1.29 is 14.3 Å². The highest BCUT2D eigenvalue weighted by molar-refractivity contribution is 6.35. The minimum absolute atomic E-state index is 0.0241. The molecule has 0 radical (unpaired) electrons. The van der Waals surface area contributed by atoms with E-state index in [-0.39, 0.29) is 6.10 Å². The van der Waals surface area contributed by atoms with Gasteiger partial charge in [-0.3, -0.25) is 9.59 Å². The zero-order chi connectivity index (χ0) is 19.1. The molecule has 0 aromatic carbocycles. The summed E-state index contributed by atoms with van der Waals surface area (Å²) in [5.74, 6) is -0.164. The Kier molecular flexibility index (Phi) is 6.60. The number of hydrogen-bond donors (Lipinski definition) is 2. The van der Waals surface area contributed by atoms with Gasteiger partial charge in [-0.15, -0.1) is 0 Å². The number of piperidine rings is 1. The number of nitrogens with one attached hydrogen (secondary N) is 2. The molecule has 0 saturated carbocycles. The van der Waals surface area contributed by atoms with Crippen molar-refractivity contribution in [2.24, 2.45) is 5.92 Å². The third-order valence-corrected chi connectivity index (χ3v) is 5.09. The maximum atomic E-state index is 11.9. The van der Waals surface area contributed by atoms with Crippen molar-refractivity contribution in [1.82, 2.24) is 15.6 Å². The highest BCUT2D eigenvalue weighted by atomic mass is 16.5. The van der Waals surface area contributed by atoms with Gasteiger partial charge in [0.1, 0.15) is 11.9 Å². The Morgan fingerprint density at radius 3 is 2.63 bits per heavy atom. The average molecular weight is 371 g/mol. The van der Waals surface area contributed by atoms with Crippen LogP contribution < -0.4 is 15.5 Å². The van der Waals surface area contributed by atoms with Crippen molar-refractivity contribution in [3.8, 4) is 6.07 Å². The molecule has 3 heterocycles. The Morgan fingerprint density at radius 1 is 1.22 bits per heavy atom. The molecule has 2 saturated heterocycles. The van der Waals surface area contributed by atoms with Crippen LogP contribution in [0.25, 0.3) is 0 Å². The summed E-state index contributed by atoms with van der Waals surface area (Å²) in [6, 6.07) is 5.70. The highest BCUT2D eigenvalue weighted by Crippen LogP contribution is 2.23. The van der Waals surface area contributed by atoms with Crippen LogP contribution >= 0.6 is 0 Å². The second kappa shape index (κ2) is 9.33. The molecule has 144 valence electrons. The molecule has 2 aliphatic rings. The second-order valence-corrected chi connectivity index (χ2v) is 6.97. The molecule has 2 N–H and O–H groups in total. The molecular weight excluding hydrogens is 346 g/mol. The van der Waals surface area contributed by atoms with Crippen LogP contribution in [0, 0.1) is 17.2 Å². The van der Waals surface area contributed by atoms with Crippen LogP contribution in [0.5, 0.6) is 0 Å². The molecule has 0 aliphatic carbocycles. The molecular formula is C19H25N5O3. The molecule has 8 heteroatoms. The molecule has 2 fully saturated rings. The van der Waals surface area contributed by atoms with Gasteiger partial charge in [0.05, 0.1) is 11.7 Å². The van der Waals surface area contributed by atoms with E-state index in [4.69, 9.17) is 4.74 Å². The summed E-state index contributed by atoms with van der Waals surface area (Å²) in [6.07, 6.45) is 5.39. The van der Waals surface area contributed by atoms with E-state index in [1.807, 2.05) is 0 Å². The van der Waals surface area contributed by atoms with Crippen LogP contribution in [0.2, 0.25) is 0 Å². The fourth-order valence-electron chi connectivity index (χ4n) is 3.49. The topological polar surface area (TPSA) is 107 Å². The number of nitriles is 1. The fraction of sp³-hybridized carbons (Fsp3) is 0.579. The number of nitrogens with zero attached hydrogens (tertiary/aromatic N) is 3. The first-order chi connectivity index (χ1) is 13.2. The van der Waals surface area contributed by atoms with Crippen LogP contribution in [0.15, 0.2) is 18.3 Å². The number of amides is 2. The molecule has 2 amide bonds. The summed E-state index contributed by atoms with van der Waals surface area (Å²) in [4.78, 5) is 30.2. The fourth-order valence-corrected chi connectivity index (χ4v) is 3.49. The molecule has 1 aromatic rings. The first kappa shape index (κ1) is 19.1. The second-order valence-electron chi connectivity index (χ2n) is 6.97. The summed E-state index contributed by atoms with van der Waals surface area (Å²) in [6.45, 7) is 3.14. The van der Waals surface area contributed by atoms with Gasteiger partial charge in [0, 0.05) is 39.0 Å². The van der Waals surface area contributed by atoms with Gasteiger partial charge in [-0.2, -0.15) is 5.26 Å². The number of aromatic nitrogens is 1. The first-order valence-corrected chi connectivity index (χ1v) is 9.45. The van der Waals surface area contributed by atoms with Crippen LogP contribution in [0.3, 0.4) is 0 Å². The number of ether oxygens (including phenoxy) is 1. The van der Waals surface area contributed by atoms with Gasteiger partial charge in [-0.25, -0.2) is 4.98 Å². The molecule has 1 unspecified atom stereocenters. The lowest BCUT2D eigenvalue weighted by Crippen LogP contribution is -2.45. The zero-order valence-electron chi connectivity index (χ0n) is 15.3. The summed E-state index contributed by atoms with van der Waals surface area (Å²) in [7, 11) is 0. The summed E-state index contributed by atoms with van der Waals surface area (Å²) in [5.41, 5.74) is 0.576. The van der Waals surface area contributed by atoms with E-state index in [9.17, 15) is 14.9 Å². The third-order valence-electron chi connectivity index (χ3n) is 5.09. The molecule has 8 nitrogen and oxygen atoms in total. The number of hydrogen-bond acceptors (Lipinski definition) is 6. The van der Waals surface area contributed by atoms with E-state index >= 15 is 0 Å². The number of rotatable bonds is 5. The highest BCUT2D eigenvalue weighted by Gasteiger charge is 2.24. The minimum atomic E-state index is -0.602. The Hall–Kier alpha value is -2.66. The predicted molar refractivity (Wildman–Crippen MR) is 98.9 cm³/mol. The summed E-state index contributed by atoms with van der Waals surface area (Å²) >= 11 is 0. The van der Waals surface area contributed by atoms with Crippen molar-refractivity contribution >= 4 is 17.6 Å².